The monoisotopic (exact) mass is 315 g/mol. The first-order valence-corrected chi connectivity index (χ1v) is 8.56. The van der Waals surface area contributed by atoms with Gasteiger partial charge in [0.25, 0.3) is 0 Å². The molecule has 0 unspecified atom stereocenters. The Kier molecular flexibility index (Phi) is 4.08. The van der Waals surface area contributed by atoms with E-state index in [4.69, 9.17) is 10.5 Å². The zero-order chi connectivity index (χ0) is 15.8. The van der Waals surface area contributed by atoms with Crippen molar-refractivity contribution in [2.24, 2.45) is 11.1 Å². The Morgan fingerprint density at radius 3 is 2.38 bits per heavy atom. The van der Waals surface area contributed by atoms with Crippen molar-refractivity contribution >= 4 is 15.8 Å². The maximum Gasteiger partial charge on any atom is 0.315 e. The molecular weight excluding hydrogens is 297 g/mol. The van der Waals surface area contributed by atoms with Crippen molar-refractivity contribution in [3.8, 4) is 0 Å². The molecule has 0 radical (unpaired) electrons. The van der Waals surface area contributed by atoms with Crippen LogP contribution in [0, 0.1) is 11.2 Å². The van der Waals surface area contributed by atoms with Gasteiger partial charge >= 0.3 is 5.97 Å². The summed E-state index contributed by atoms with van der Waals surface area (Å²) in [5.74, 6) is -1.64. The lowest BCUT2D eigenvalue weighted by Gasteiger charge is -2.14. The summed E-state index contributed by atoms with van der Waals surface area (Å²) < 4.78 is 42.0. The van der Waals surface area contributed by atoms with Crippen molar-refractivity contribution in [1.82, 2.24) is 0 Å². The van der Waals surface area contributed by atoms with E-state index in [-0.39, 0.29) is 13.2 Å². The van der Waals surface area contributed by atoms with Gasteiger partial charge in [-0.3, -0.25) is 4.79 Å². The summed E-state index contributed by atoms with van der Waals surface area (Å²) in [5, 5.41) is -0.931. The summed E-state index contributed by atoms with van der Waals surface area (Å²) in [4.78, 5) is 12.2. The lowest BCUT2D eigenvalue weighted by atomic mass is 9.99. The summed E-state index contributed by atoms with van der Waals surface area (Å²) in [5.41, 5.74) is 5.00. The van der Waals surface area contributed by atoms with Crippen LogP contribution < -0.4 is 5.73 Å². The Labute approximate surface area is 123 Å². The Morgan fingerprint density at radius 2 is 1.95 bits per heavy atom. The molecule has 0 bridgehead atoms. The first kappa shape index (κ1) is 15.9. The van der Waals surface area contributed by atoms with E-state index < -0.39 is 38.2 Å². The number of ether oxygens (including phenoxy) is 1. The van der Waals surface area contributed by atoms with Gasteiger partial charge in [-0.2, -0.15) is 0 Å². The van der Waals surface area contributed by atoms with Crippen molar-refractivity contribution in [1.29, 1.82) is 0 Å². The van der Waals surface area contributed by atoms with E-state index in [1.807, 2.05) is 0 Å². The Balaban J connectivity index is 2.47. The number of halogens is 1. The van der Waals surface area contributed by atoms with Gasteiger partial charge in [0.05, 0.1) is 11.9 Å². The molecule has 1 aromatic rings. The van der Waals surface area contributed by atoms with E-state index in [0.29, 0.717) is 5.56 Å². The molecule has 0 saturated heterocycles. The average molecular weight is 315 g/mol. The number of esters is 1. The number of carbonyl (C=O) groups excluding carboxylic acids is 1. The zero-order valence-electron chi connectivity index (χ0n) is 11.9. The second kappa shape index (κ2) is 5.38. The molecule has 1 aromatic carbocycles. The van der Waals surface area contributed by atoms with E-state index in [9.17, 15) is 17.6 Å². The number of nitrogens with two attached hydrogens (primary N) is 1. The molecule has 2 N–H and O–H groups in total. The van der Waals surface area contributed by atoms with E-state index in [0.717, 1.165) is 6.26 Å². The second-order valence-electron chi connectivity index (χ2n) is 5.24. The summed E-state index contributed by atoms with van der Waals surface area (Å²) in [6.45, 7) is 1.66. The van der Waals surface area contributed by atoms with Crippen LogP contribution >= 0.6 is 0 Å². The number of rotatable bonds is 5. The van der Waals surface area contributed by atoms with Crippen LogP contribution in [0.2, 0.25) is 0 Å². The van der Waals surface area contributed by atoms with E-state index in [2.05, 4.69) is 0 Å². The average Bonchev–Trinajstić information content (AvgIpc) is 3.10. The molecule has 0 heterocycles. The second-order valence-corrected chi connectivity index (χ2v) is 7.41. The Morgan fingerprint density at radius 1 is 1.38 bits per heavy atom. The van der Waals surface area contributed by atoms with Crippen LogP contribution in [0.4, 0.5) is 4.39 Å². The summed E-state index contributed by atoms with van der Waals surface area (Å²) >= 11 is 0. The minimum absolute atomic E-state index is 0.133. The number of hydrogen-bond donors (Lipinski definition) is 1. The van der Waals surface area contributed by atoms with Gasteiger partial charge < -0.3 is 10.5 Å². The normalized spacial score (nSPS) is 28.2. The molecule has 0 aromatic heterocycles. The maximum absolute atomic E-state index is 13.0. The van der Waals surface area contributed by atoms with Crippen molar-refractivity contribution in [2.75, 3.05) is 19.4 Å². The number of sulfone groups is 1. The third-order valence-corrected chi connectivity index (χ3v) is 5.56. The highest BCUT2D eigenvalue weighted by molar-refractivity contribution is 7.91. The molecule has 116 valence electrons. The van der Waals surface area contributed by atoms with E-state index in [1.54, 1.807) is 6.92 Å². The molecule has 0 amide bonds. The predicted octanol–water partition coefficient (Wildman–Crippen LogP) is 0.844. The van der Waals surface area contributed by atoms with Gasteiger partial charge in [-0.05, 0) is 24.6 Å². The van der Waals surface area contributed by atoms with Crippen LogP contribution in [0.15, 0.2) is 24.3 Å². The highest BCUT2D eigenvalue weighted by atomic mass is 32.2. The molecule has 5 nitrogen and oxygen atoms in total. The minimum Gasteiger partial charge on any atom is -0.465 e. The van der Waals surface area contributed by atoms with Gasteiger partial charge in [0.2, 0.25) is 0 Å². The van der Waals surface area contributed by atoms with Crippen molar-refractivity contribution in [3.63, 3.8) is 0 Å². The highest BCUT2D eigenvalue weighted by Gasteiger charge is 2.74. The van der Waals surface area contributed by atoms with Gasteiger partial charge in [0, 0.05) is 18.7 Å². The summed E-state index contributed by atoms with van der Waals surface area (Å²) in [6.07, 6.45) is 1.07. The Bertz CT molecular complexity index is 643. The SMILES string of the molecule is CCOC(=O)[C@]1(CN)[C@H](c2ccc(F)cc2)[C@H]1S(C)(=O)=O. The topological polar surface area (TPSA) is 86.5 Å². The molecule has 1 aliphatic carbocycles. The predicted molar refractivity (Wildman–Crippen MR) is 75.9 cm³/mol. The number of carbonyl (C=O) groups is 1. The van der Waals surface area contributed by atoms with Crippen LogP contribution in [0.25, 0.3) is 0 Å². The molecule has 0 spiro atoms. The van der Waals surface area contributed by atoms with Crippen LogP contribution in [0.3, 0.4) is 0 Å². The van der Waals surface area contributed by atoms with Crippen molar-refractivity contribution < 1.29 is 22.3 Å². The first-order valence-electron chi connectivity index (χ1n) is 6.60. The molecule has 1 aliphatic rings. The van der Waals surface area contributed by atoms with E-state index >= 15 is 0 Å². The van der Waals surface area contributed by atoms with Gasteiger partial charge in [-0.25, -0.2) is 12.8 Å². The molecule has 21 heavy (non-hydrogen) atoms. The quantitative estimate of drug-likeness (QED) is 0.814. The number of benzene rings is 1. The fourth-order valence-corrected chi connectivity index (χ4v) is 4.93. The summed E-state index contributed by atoms with van der Waals surface area (Å²) in [7, 11) is -3.49. The third kappa shape index (κ3) is 2.55. The largest absolute Gasteiger partial charge is 0.465 e. The first-order chi connectivity index (χ1) is 9.79. The molecule has 7 heteroatoms. The van der Waals surface area contributed by atoms with Crippen molar-refractivity contribution in [2.45, 2.75) is 18.1 Å². The standard InChI is InChI=1S/C14H18FNO4S/c1-3-20-13(17)14(8-16)11(12(14)21(2,18)19)9-4-6-10(15)7-5-9/h4-7,11-12H,3,8,16H2,1-2H3/t11-,12-,14-/m1/s1. The van der Waals surface area contributed by atoms with Gasteiger partial charge in [0.15, 0.2) is 9.84 Å². The molecule has 2 rings (SSSR count). The summed E-state index contributed by atoms with van der Waals surface area (Å²) in [6, 6.07) is 5.43. The molecule has 3 atom stereocenters. The number of hydrogen-bond acceptors (Lipinski definition) is 5. The minimum atomic E-state index is -3.49. The molecular formula is C14H18FNO4S. The van der Waals surface area contributed by atoms with Gasteiger partial charge in [0.1, 0.15) is 11.2 Å². The van der Waals surface area contributed by atoms with Crippen LogP contribution in [0.1, 0.15) is 18.4 Å². The van der Waals surface area contributed by atoms with E-state index in [1.165, 1.54) is 24.3 Å². The Hall–Kier alpha value is -1.47. The lowest BCUT2D eigenvalue weighted by molar-refractivity contribution is -0.149. The van der Waals surface area contributed by atoms with Crippen LogP contribution in [-0.4, -0.2) is 39.0 Å². The van der Waals surface area contributed by atoms with Gasteiger partial charge in [-0.15, -0.1) is 0 Å². The fraction of sp³-hybridized carbons (Fsp3) is 0.500. The third-order valence-electron chi connectivity index (χ3n) is 3.94. The van der Waals surface area contributed by atoms with Gasteiger partial charge in [-0.1, -0.05) is 12.1 Å². The molecule has 0 aliphatic heterocycles. The smallest absolute Gasteiger partial charge is 0.315 e. The molecule has 1 saturated carbocycles. The van der Waals surface area contributed by atoms with Crippen LogP contribution in [0.5, 0.6) is 0 Å². The lowest BCUT2D eigenvalue weighted by Crippen LogP contribution is -2.33. The molecule has 1 fully saturated rings. The van der Waals surface area contributed by atoms with Crippen molar-refractivity contribution in [3.05, 3.63) is 35.6 Å². The highest BCUT2D eigenvalue weighted by Crippen LogP contribution is 2.62. The van der Waals surface area contributed by atoms with Crippen LogP contribution in [-0.2, 0) is 19.4 Å². The zero-order valence-corrected chi connectivity index (χ0v) is 12.7. The fourth-order valence-electron chi connectivity index (χ4n) is 3.01. The maximum atomic E-state index is 13.0.